The van der Waals surface area contributed by atoms with E-state index in [-0.39, 0.29) is 12.5 Å². The molecule has 26 heavy (non-hydrogen) atoms. The van der Waals surface area contributed by atoms with E-state index < -0.39 is 5.97 Å². The second kappa shape index (κ2) is 10.2. The standard InChI is InChI=1S/C21H25NO4/c1-17-9-6-7-12-19(17)26-14-8-13-20(23)22(16-21(24)25-2)15-18-10-4-3-5-11-18/h3-7,9-12H,8,13-16H2,1-2H3. The fraction of sp³-hybridized carbons (Fsp3) is 0.333. The quantitative estimate of drug-likeness (QED) is 0.511. The molecule has 5 heteroatoms. The van der Waals surface area contributed by atoms with E-state index >= 15 is 0 Å². The first kappa shape index (κ1) is 19.5. The highest BCUT2D eigenvalue weighted by Gasteiger charge is 2.17. The average Bonchev–Trinajstić information content (AvgIpc) is 2.66. The summed E-state index contributed by atoms with van der Waals surface area (Å²) in [6, 6.07) is 17.4. The van der Waals surface area contributed by atoms with Gasteiger partial charge in [-0.05, 0) is 30.5 Å². The van der Waals surface area contributed by atoms with Crippen LogP contribution < -0.4 is 4.74 Å². The zero-order valence-electron chi connectivity index (χ0n) is 15.3. The summed E-state index contributed by atoms with van der Waals surface area (Å²) < 4.78 is 10.4. The lowest BCUT2D eigenvalue weighted by molar-refractivity contribution is -0.147. The van der Waals surface area contributed by atoms with E-state index in [0.29, 0.717) is 26.0 Å². The van der Waals surface area contributed by atoms with Crippen LogP contribution in [0.15, 0.2) is 54.6 Å². The Morgan fingerprint density at radius 2 is 1.69 bits per heavy atom. The summed E-state index contributed by atoms with van der Waals surface area (Å²) in [7, 11) is 1.32. The molecule has 5 nitrogen and oxygen atoms in total. The molecule has 138 valence electrons. The van der Waals surface area contributed by atoms with Crippen LogP contribution in [0.25, 0.3) is 0 Å². The molecule has 0 spiro atoms. The number of hydrogen-bond donors (Lipinski definition) is 0. The molecule has 0 aliphatic rings. The van der Waals surface area contributed by atoms with Gasteiger partial charge in [-0.15, -0.1) is 0 Å². The van der Waals surface area contributed by atoms with Gasteiger partial charge in [-0.1, -0.05) is 48.5 Å². The number of esters is 1. The number of rotatable bonds is 9. The average molecular weight is 355 g/mol. The number of amides is 1. The minimum atomic E-state index is -0.426. The molecule has 2 aromatic carbocycles. The van der Waals surface area contributed by atoms with Crippen molar-refractivity contribution in [2.24, 2.45) is 0 Å². The SMILES string of the molecule is COC(=O)CN(Cc1ccccc1)C(=O)CCCOc1ccccc1C. The van der Waals surface area contributed by atoms with Crippen molar-refractivity contribution in [2.45, 2.75) is 26.3 Å². The maximum absolute atomic E-state index is 12.5. The van der Waals surface area contributed by atoms with E-state index in [4.69, 9.17) is 9.47 Å². The van der Waals surface area contributed by atoms with Crippen molar-refractivity contribution in [1.29, 1.82) is 0 Å². The number of carbonyl (C=O) groups excluding carboxylic acids is 2. The normalized spacial score (nSPS) is 10.2. The summed E-state index contributed by atoms with van der Waals surface area (Å²) in [5.41, 5.74) is 2.04. The van der Waals surface area contributed by atoms with E-state index in [2.05, 4.69) is 0 Å². The molecule has 0 saturated carbocycles. The lowest BCUT2D eigenvalue weighted by Crippen LogP contribution is -2.35. The van der Waals surface area contributed by atoms with Crippen molar-refractivity contribution in [3.05, 3.63) is 65.7 Å². The van der Waals surface area contributed by atoms with Gasteiger partial charge in [0.05, 0.1) is 13.7 Å². The highest BCUT2D eigenvalue weighted by atomic mass is 16.5. The summed E-state index contributed by atoms with van der Waals surface area (Å²) in [6.45, 7) is 2.77. The lowest BCUT2D eigenvalue weighted by Gasteiger charge is -2.21. The lowest BCUT2D eigenvalue weighted by atomic mass is 10.2. The van der Waals surface area contributed by atoms with Gasteiger partial charge in [0.2, 0.25) is 5.91 Å². The topological polar surface area (TPSA) is 55.8 Å². The summed E-state index contributed by atoms with van der Waals surface area (Å²) in [4.78, 5) is 25.7. The van der Waals surface area contributed by atoms with Gasteiger partial charge < -0.3 is 14.4 Å². The van der Waals surface area contributed by atoms with Crippen molar-refractivity contribution in [3.63, 3.8) is 0 Å². The first-order valence-electron chi connectivity index (χ1n) is 8.67. The first-order valence-corrected chi connectivity index (χ1v) is 8.67. The fourth-order valence-corrected chi connectivity index (χ4v) is 2.54. The highest BCUT2D eigenvalue weighted by Crippen LogP contribution is 2.16. The Hall–Kier alpha value is -2.82. The van der Waals surface area contributed by atoms with Crippen molar-refractivity contribution in [3.8, 4) is 5.75 Å². The molecular weight excluding hydrogens is 330 g/mol. The molecule has 0 atom stereocenters. The molecule has 0 unspecified atom stereocenters. The predicted molar refractivity (Wildman–Crippen MR) is 99.8 cm³/mol. The fourth-order valence-electron chi connectivity index (χ4n) is 2.54. The molecule has 0 bridgehead atoms. The number of nitrogens with zero attached hydrogens (tertiary/aromatic N) is 1. The molecule has 0 saturated heterocycles. The highest BCUT2D eigenvalue weighted by molar-refractivity contribution is 5.82. The second-order valence-corrected chi connectivity index (χ2v) is 6.03. The monoisotopic (exact) mass is 355 g/mol. The summed E-state index contributed by atoms with van der Waals surface area (Å²) in [6.07, 6.45) is 0.898. The van der Waals surface area contributed by atoms with Gasteiger partial charge in [0.15, 0.2) is 0 Å². The van der Waals surface area contributed by atoms with Crippen LogP contribution in [0.2, 0.25) is 0 Å². The number of aryl methyl sites for hydroxylation is 1. The predicted octanol–water partition coefficient (Wildman–Crippen LogP) is 3.36. The van der Waals surface area contributed by atoms with Gasteiger partial charge in [0, 0.05) is 13.0 Å². The summed E-state index contributed by atoms with van der Waals surface area (Å²) >= 11 is 0. The number of benzene rings is 2. The Bertz CT molecular complexity index is 715. The summed E-state index contributed by atoms with van der Waals surface area (Å²) in [5.74, 6) is 0.314. The van der Waals surface area contributed by atoms with Gasteiger partial charge >= 0.3 is 5.97 Å². The van der Waals surface area contributed by atoms with Crippen LogP contribution in [-0.2, 0) is 20.9 Å². The Morgan fingerprint density at radius 1 is 1.00 bits per heavy atom. The number of para-hydroxylation sites is 1. The molecular formula is C21H25NO4. The largest absolute Gasteiger partial charge is 0.493 e. The van der Waals surface area contributed by atoms with E-state index in [1.807, 2.05) is 61.5 Å². The van der Waals surface area contributed by atoms with Crippen molar-refractivity contribution < 1.29 is 19.1 Å². The first-order chi connectivity index (χ1) is 12.6. The third-order valence-electron chi connectivity index (χ3n) is 4.00. The molecule has 0 aromatic heterocycles. The smallest absolute Gasteiger partial charge is 0.325 e. The molecule has 1 amide bonds. The minimum Gasteiger partial charge on any atom is -0.493 e. The van der Waals surface area contributed by atoms with Gasteiger partial charge in [-0.2, -0.15) is 0 Å². The van der Waals surface area contributed by atoms with Crippen molar-refractivity contribution in [1.82, 2.24) is 4.90 Å². The van der Waals surface area contributed by atoms with Crippen LogP contribution in [0.5, 0.6) is 5.75 Å². The maximum Gasteiger partial charge on any atom is 0.325 e. The van der Waals surface area contributed by atoms with E-state index in [1.54, 1.807) is 0 Å². The molecule has 2 rings (SSSR count). The molecule has 0 aliphatic carbocycles. The second-order valence-electron chi connectivity index (χ2n) is 6.03. The van der Waals surface area contributed by atoms with Gasteiger partial charge in [-0.25, -0.2) is 0 Å². The Kier molecular flexibility index (Phi) is 7.68. The molecule has 0 radical (unpaired) electrons. The van der Waals surface area contributed by atoms with Crippen LogP contribution in [0.3, 0.4) is 0 Å². The van der Waals surface area contributed by atoms with Crippen LogP contribution in [0, 0.1) is 6.92 Å². The molecule has 2 aromatic rings. The molecule has 0 fully saturated rings. The van der Waals surface area contributed by atoms with Crippen LogP contribution in [-0.4, -0.2) is 37.0 Å². The molecule has 0 heterocycles. The van der Waals surface area contributed by atoms with Crippen molar-refractivity contribution in [2.75, 3.05) is 20.3 Å². The Morgan fingerprint density at radius 3 is 2.38 bits per heavy atom. The molecule has 0 aliphatic heterocycles. The van der Waals surface area contributed by atoms with E-state index in [0.717, 1.165) is 16.9 Å². The van der Waals surface area contributed by atoms with Crippen LogP contribution in [0.1, 0.15) is 24.0 Å². The van der Waals surface area contributed by atoms with Crippen LogP contribution >= 0.6 is 0 Å². The Balaban J connectivity index is 1.87. The maximum atomic E-state index is 12.5. The number of ether oxygens (including phenoxy) is 2. The van der Waals surface area contributed by atoms with E-state index in [1.165, 1.54) is 12.0 Å². The molecule has 0 N–H and O–H groups in total. The van der Waals surface area contributed by atoms with E-state index in [9.17, 15) is 9.59 Å². The van der Waals surface area contributed by atoms with Gasteiger partial charge in [0.25, 0.3) is 0 Å². The minimum absolute atomic E-state index is 0.0527. The third-order valence-corrected chi connectivity index (χ3v) is 4.00. The number of methoxy groups -OCH3 is 1. The van der Waals surface area contributed by atoms with Gasteiger partial charge in [0.1, 0.15) is 12.3 Å². The van der Waals surface area contributed by atoms with Gasteiger partial charge in [-0.3, -0.25) is 9.59 Å². The number of carbonyl (C=O) groups is 2. The third kappa shape index (κ3) is 6.24. The number of hydrogen-bond acceptors (Lipinski definition) is 4. The zero-order chi connectivity index (χ0) is 18.8. The Labute approximate surface area is 154 Å². The van der Waals surface area contributed by atoms with Crippen molar-refractivity contribution >= 4 is 11.9 Å². The summed E-state index contributed by atoms with van der Waals surface area (Å²) in [5, 5.41) is 0. The van der Waals surface area contributed by atoms with Crippen LogP contribution in [0.4, 0.5) is 0 Å². The zero-order valence-corrected chi connectivity index (χ0v) is 15.3.